The smallest absolute Gasteiger partial charge is 0.292 e. The van der Waals surface area contributed by atoms with Gasteiger partial charge in [-0.1, -0.05) is 29.8 Å². The van der Waals surface area contributed by atoms with Gasteiger partial charge in [-0.25, -0.2) is 15.0 Å². The molecule has 0 saturated carbocycles. The first kappa shape index (κ1) is 16.7. The fraction of sp³-hybridized carbons (Fsp3) is 0.263. The van der Waals surface area contributed by atoms with Crippen LogP contribution >= 0.6 is 11.6 Å². The normalized spacial score (nSPS) is 16.8. The molecule has 6 nitrogen and oxygen atoms in total. The second-order valence-electron chi connectivity index (χ2n) is 6.16. The van der Waals surface area contributed by atoms with E-state index in [1.165, 1.54) is 0 Å². The van der Waals surface area contributed by atoms with Crippen molar-refractivity contribution in [2.45, 2.75) is 25.3 Å². The summed E-state index contributed by atoms with van der Waals surface area (Å²) >= 11 is 6.21. The third-order valence-electron chi connectivity index (χ3n) is 4.45. The molecule has 1 atom stereocenters. The topological polar surface area (TPSA) is 72.1 Å². The van der Waals surface area contributed by atoms with Crippen molar-refractivity contribution in [2.24, 2.45) is 0 Å². The van der Waals surface area contributed by atoms with E-state index >= 15 is 0 Å². The summed E-state index contributed by atoms with van der Waals surface area (Å²) in [5, 5.41) is 0.698. The largest absolute Gasteiger partial charge is 0.443 e. The molecule has 7 heteroatoms. The minimum atomic E-state index is -0.195. The fourth-order valence-corrected chi connectivity index (χ4v) is 3.39. The van der Waals surface area contributed by atoms with E-state index in [-0.39, 0.29) is 17.8 Å². The second kappa shape index (κ2) is 7.25. The number of nitrogens with zero attached hydrogens (tertiary/aromatic N) is 4. The maximum Gasteiger partial charge on any atom is 0.292 e. The Morgan fingerprint density at radius 1 is 1.19 bits per heavy atom. The number of hydrogen-bond donors (Lipinski definition) is 0. The SMILES string of the molecule is O=C(c1ncccn1)N1CCCC1c1ncc(Cc2ccccc2Cl)o1. The van der Waals surface area contributed by atoms with Crippen LogP contribution in [0.15, 0.2) is 53.3 Å². The third-order valence-corrected chi connectivity index (χ3v) is 4.82. The van der Waals surface area contributed by atoms with Gasteiger partial charge in [-0.3, -0.25) is 4.79 Å². The Labute approximate surface area is 155 Å². The number of benzene rings is 1. The van der Waals surface area contributed by atoms with Crippen LogP contribution in [0.5, 0.6) is 0 Å². The molecule has 132 valence electrons. The van der Waals surface area contributed by atoms with Gasteiger partial charge in [0.05, 0.1) is 6.20 Å². The van der Waals surface area contributed by atoms with Gasteiger partial charge in [0.25, 0.3) is 5.91 Å². The maximum atomic E-state index is 12.7. The summed E-state index contributed by atoms with van der Waals surface area (Å²) in [4.78, 5) is 26.9. The standard InChI is InChI=1S/C19H17ClN4O2/c20-15-6-2-1-5-13(15)11-14-12-23-18(26-14)16-7-3-10-24(16)19(25)17-21-8-4-9-22-17/h1-2,4-6,8-9,12,16H,3,7,10-11H2. The molecule has 0 spiro atoms. The Morgan fingerprint density at radius 3 is 2.81 bits per heavy atom. The van der Waals surface area contributed by atoms with Gasteiger partial charge in [0.1, 0.15) is 11.8 Å². The highest BCUT2D eigenvalue weighted by atomic mass is 35.5. The van der Waals surface area contributed by atoms with Crippen LogP contribution in [0.1, 0.15) is 46.7 Å². The summed E-state index contributed by atoms with van der Waals surface area (Å²) < 4.78 is 5.94. The van der Waals surface area contributed by atoms with Crippen LogP contribution in [0.2, 0.25) is 5.02 Å². The molecule has 0 bridgehead atoms. The average molecular weight is 369 g/mol. The zero-order chi connectivity index (χ0) is 17.9. The molecule has 0 aliphatic carbocycles. The lowest BCUT2D eigenvalue weighted by Gasteiger charge is -2.21. The number of hydrogen-bond acceptors (Lipinski definition) is 5. The molecule has 0 radical (unpaired) electrons. The number of amides is 1. The van der Waals surface area contributed by atoms with E-state index in [0.29, 0.717) is 23.9 Å². The molecular formula is C19H17ClN4O2. The molecule has 4 rings (SSSR count). The molecular weight excluding hydrogens is 352 g/mol. The van der Waals surface area contributed by atoms with E-state index in [0.717, 1.165) is 24.2 Å². The summed E-state index contributed by atoms with van der Waals surface area (Å²) in [6.07, 6.45) is 7.11. The summed E-state index contributed by atoms with van der Waals surface area (Å²) in [7, 11) is 0. The number of aromatic nitrogens is 3. The van der Waals surface area contributed by atoms with Crippen molar-refractivity contribution in [1.29, 1.82) is 0 Å². The van der Waals surface area contributed by atoms with E-state index in [4.69, 9.17) is 16.0 Å². The van der Waals surface area contributed by atoms with E-state index in [1.54, 1.807) is 29.6 Å². The van der Waals surface area contributed by atoms with Gasteiger partial charge in [-0.15, -0.1) is 0 Å². The van der Waals surface area contributed by atoms with Crippen molar-refractivity contribution in [3.05, 3.63) is 77.0 Å². The van der Waals surface area contributed by atoms with Crippen LogP contribution in [-0.4, -0.2) is 32.3 Å². The molecule has 1 aliphatic rings. The van der Waals surface area contributed by atoms with E-state index in [1.807, 2.05) is 24.3 Å². The van der Waals surface area contributed by atoms with Crippen molar-refractivity contribution in [3.8, 4) is 0 Å². The predicted octanol–water partition coefficient (Wildman–Crippen LogP) is 3.69. The number of halogens is 1. The summed E-state index contributed by atoms with van der Waals surface area (Å²) in [6.45, 7) is 0.643. The van der Waals surface area contributed by atoms with Crippen LogP contribution in [0.4, 0.5) is 0 Å². The molecule has 26 heavy (non-hydrogen) atoms. The minimum Gasteiger partial charge on any atom is -0.443 e. The van der Waals surface area contributed by atoms with Gasteiger partial charge in [0.15, 0.2) is 0 Å². The first-order chi connectivity index (χ1) is 12.7. The first-order valence-electron chi connectivity index (χ1n) is 8.48. The minimum absolute atomic E-state index is 0.189. The third kappa shape index (κ3) is 3.32. The van der Waals surface area contributed by atoms with Gasteiger partial charge in [0, 0.05) is 30.4 Å². The zero-order valence-corrected chi connectivity index (χ0v) is 14.8. The van der Waals surface area contributed by atoms with Crippen molar-refractivity contribution in [1.82, 2.24) is 19.9 Å². The van der Waals surface area contributed by atoms with Crippen molar-refractivity contribution >= 4 is 17.5 Å². The Bertz CT molecular complexity index is 913. The Hall–Kier alpha value is -2.73. The van der Waals surface area contributed by atoms with E-state index in [9.17, 15) is 4.79 Å². The quantitative estimate of drug-likeness (QED) is 0.702. The lowest BCUT2D eigenvalue weighted by Crippen LogP contribution is -2.32. The summed E-state index contributed by atoms with van der Waals surface area (Å²) in [5.74, 6) is 1.28. The number of likely N-dealkylation sites (tertiary alicyclic amines) is 1. The molecule has 1 aromatic carbocycles. The molecule has 1 amide bonds. The van der Waals surface area contributed by atoms with Gasteiger partial charge in [-0.05, 0) is 30.5 Å². The molecule has 3 aromatic rings. The average Bonchev–Trinajstić information content (AvgIpc) is 3.33. The fourth-order valence-electron chi connectivity index (χ4n) is 3.19. The predicted molar refractivity (Wildman–Crippen MR) is 95.8 cm³/mol. The molecule has 2 aromatic heterocycles. The number of carbonyl (C=O) groups is 1. The lowest BCUT2D eigenvalue weighted by atomic mass is 10.1. The zero-order valence-electron chi connectivity index (χ0n) is 14.0. The molecule has 1 fully saturated rings. The van der Waals surface area contributed by atoms with Crippen molar-refractivity contribution in [2.75, 3.05) is 6.54 Å². The van der Waals surface area contributed by atoms with Crippen LogP contribution < -0.4 is 0 Å². The summed E-state index contributed by atoms with van der Waals surface area (Å²) in [5.41, 5.74) is 0.980. The van der Waals surface area contributed by atoms with Gasteiger partial charge in [-0.2, -0.15) is 0 Å². The number of carbonyl (C=O) groups excluding carboxylic acids is 1. The first-order valence-corrected chi connectivity index (χ1v) is 8.86. The molecule has 1 unspecified atom stereocenters. The Balaban J connectivity index is 1.53. The lowest BCUT2D eigenvalue weighted by molar-refractivity contribution is 0.0702. The van der Waals surface area contributed by atoms with E-state index in [2.05, 4.69) is 15.0 Å². The second-order valence-corrected chi connectivity index (χ2v) is 6.57. The Kier molecular flexibility index (Phi) is 4.67. The van der Waals surface area contributed by atoms with Gasteiger partial charge >= 0.3 is 0 Å². The molecule has 1 saturated heterocycles. The van der Waals surface area contributed by atoms with Crippen LogP contribution in [0.25, 0.3) is 0 Å². The monoisotopic (exact) mass is 368 g/mol. The van der Waals surface area contributed by atoms with Crippen LogP contribution in [0, 0.1) is 0 Å². The number of oxazole rings is 1. The highest BCUT2D eigenvalue weighted by molar-refractivity contribution is 6.31. The molecule has 1 aliphatic heterocycles. The van der Waals surface area contributed by atoms with Crippen molar-refractivity contribution in [3.63, 3.8) is 0 Å². The molecule has 0 N–H and O–H groups in total. The number of rotatable bonds is 4. The molecule has 3 heterocycles. The van der Waals surface area contributed by atoms with Gasteiger partial charge < -0.3 is 9.32 Å². The van der Waals surface area contributed by atoms with Gasteiger partial charge in [0.2, 0.25) is 11.7 Å². The highest BCUT2D eigenvalue weighted by Crippen LogP contribution is 2.33. The van der Waals surface area contributed by atoms with Crippen LogP contribution in [0.3, 0.4) is 0 Å². The summed E-state index contributed by atoms with van der Waals surface area (Å²) in [6, 6.07) is 9.15. The Morgan fingerprint density at radius 2 is 2.00 bits per heavy atom. The van der Waals surface area contributed by atoms with E-state index < -0.39 is 0 Å². The van der Waals surface area contributed by atoms with Crippen LogP contribution in [-0.2, 0) is 6.42 Å². The highest BCUT2D eigenvalue weighted by Gasteiger charge is 2.34. The maximum absolute atomic E-state index is 12.7. The van der Waals surface area contributed by atoms with Crippen molar-refractivity contribution < 1.29 is 9.21 Å².